The molecular weight excluding hydrogens is 184 g/mol. The lowest BCUT2D eigenvalue weighted by Crippen LogP contribution is -2.37. The fourth-order valence-corrected chi connectivity index (χ4v) is 2.39. The summed E-state index contributed by atoms with van der Waals surface area (Å²) in [7, 11) is 0. The molecule has 15 heavy (non-hydrogen) atoms. The minimum absolute atomic E-state index is 0.628. The molecule has 0 aromatic heterocycles. The second-order valence-corrected chi connectivity index (χ2v) is 4.60. The molecule has 0 aliphatic carbocycles. The van der Waals surface area contributed by atoms with Crippen LogP contribution in [0.1, 0.15) is 31.7 Å². The van der Waals surface area contributed by atoms with Crippen LogP contribution in [0.25, 0.3) is 0 Å². The third kappa shape index (κ3) is 2.09. The van der Waals surface area contributed by atoms with Crippen molar-refractivity contribution in [2.24, 2.45) is 0 Å². The van der Waals surface area contributed by atoms with Gasteiger partial charge in [-0.3, -0.25) is 0 Å². The van der Waals surface area contributed by atoms with E-state index in [1.54, 1.807) is 0 Å². The van der Waals surface area contributed by atoms with Crippen LogP contribution < -0.4 is 10.6 Å². The molecule has 2 heteroatoms. The molecule has 0 spiro atoms. The topological polar surface area (TPSA) is 29.3 Å². The standard InChI is InChI=1S/C13H20N2/c1-10-6-7-13(12(14)9-10)15-8-4-3-5-11(15)2/h6-7,9,11H,3-5,8,14H2,1-2H3. The third-order valence-corrected chi connectivity index (χ3v) is 3.30. The van der Waals surface area contributed by atoms with E-state index in [0.717, 1.165) is 12.2 Å². The van der Waals surface area contributed by atoms with Gasteiger partial charge in [-0.15, -0.1) is 0 Å². The van der Waals surface area contributed by atoms with E-state index in [2.05, 4.69) is 36.9 Å². The summed E-state index contributed by atoms with van der Waals surface area (Å²) in [4.78, 5) is 2.44. The quantitative estimate of drug-likeness (QED) is 0.713. The first-order valence-electron chi connectivity index (χ1n) is 5.81. The number of aryl methyl sites for hydroxylation is 1. The summed E-state index contributed by atoms with van der Waals surface area (Å²) in [6.07, 6.45) is 3.93. The number of nitrogens with zero attached hydrogens (tertiary/aromatic N) is 1. The summed E-state index contributed by atoms with van der Waals surface area (Å²) in [5.41, 5.74) is 9.45. The summed E-state index contributed by atoms with van der Waals surface area (Å²) < 4.78 is 0. The Labute approximate surface area is 92.1 Å². The Morgan fingerprint density at radius 2 is 2.13 bits per heavy atom. The summed E-state index contributed by atoms with van der Waals surface area (Å²) in [5.74, 6) is 0. The average molecular weight is 204 g/mol. The van der Waals surface area contributed by atoms with Crippen molar-refractivity contribution in [2.45, 2.75) is 39.2 Å². The van der Waals surface area contributed by atoms with Gasteiger partial charge in [0.15, 0.2) is 0 Å². The van der Waals surface area contributed by atoms with Crippen molar-refractivity contribution in [3.8, 4) is 0 Å². The largest absolute Gasteiger partial charge is 0.397 e. The normalized spacial score (nSPS) is 21.7. The molecule has 1 aromatic rings. The van der Waals surface area contributed by atoms with Gasteiger partial charge in [-0.1, -0.05) is 6.07 Å². The number of hydrogen-bond donors (Lipinski definition) is 1. The van der Waals surface area contributed by atoms with Gasteiger partial charge in [0.2, 0.25) is 0 Å². The number of hydrogen-bond acceptors (Lipinski definition) is 2. The molecule has 82 valence electrons. The zero-order valence-electron chi connectivity index (χ0n) is 9.66. The molecule has 1 unspecified atom stereocenters. The van der Waals surface area contributed by atoms with Crippen molar-refractivity contribution in [1.29, 1.82) is 0 Å². The van der Waals surface area contributed by atoms with E-state index in [1.807, 2.05) is 0 Å². The molecule has 1 fully saturated rings. The van der Waals surface area contributed by atoms with Gasteiger partial charge in [-0.2, -0.15) is 0 Å². The molecular formula is C13H20N2. The van der Waals surface area contributed by atoms with E-state index in [1.165, 1.54) is 30.5 Å². The van der Waals surface area contributed by atoms with Crippen molar-refractivity contribution in [3.05, 3.63) is 23.8 Å². The van der Waals surface area contributed by atoms with E-state index < -0.39 is 0 Å². The maximum absolute atomic E-state index is 6.07. The smallest absolute Gasteiger partial charge is 0.0602 e. The fourth-order valence-electron chi connectivity index (χ4n) is 2.39. The molecule has 0 amide bonds. The van der Waals surface area contributed by atoms with Gasteiger partial charge < -0.3 is 10.6 Å². The molecule has 1 aliphatic heterocycles. The van der Waals surface area contributed by atoms with Crippen LogP contribution in [0.4, 0.5) is 11.4 Å². The highest BCUT2D eigenvalue weighted by Crippen LogP contribution is 2.29. The van der Waals surface area contributed by atoms with Gasteiger partial charge in [-0.25, -0.2) is 0 Å². The predicted octanol–water partition coefficient (Wildman–Crippen LogP) is 2.96. The first kappa shape index (κ1) is 10.3. The number of anilines is 2. The second kappa shape index (κ2) is 4.13. The van der Waals surface area contributed by atoms with Gasteiger partial charge in [0.05, 0.1) is 11.4 Å². The van der Waals surface area contributed by atoms with E-state index in [0.29, 0.717) is 6.04 Å². The number of nitrogens with two attached hydrogens (primary N) is 1. The third-order valence-electron chi connectivity index (χ3n) is 3.30. The molecule has 1 aromatic carbocycles. The molecule has 0 saturated carbocycles. The maximum Gasteiger partial charge on any atom is 0.0602 e. The minimum atomic E-state index is 0.628. The first-order valence-corrected chi connectivity index (χ1v) is 5.81. The lowest BCUT2D eigenvalue weighted by molar-refractivity contribution is 0.485. The molecule has 1 saturated heterocycles. The molecule has 1 heterocycles. The first-order chi connectivity index (χ1) is 7.18. The average Bonchev–Trinajstić information content (AvgIpc) is 2.20. The number of rotatable bonds is 1. The fraction of sp³-hybridized carbons (Fsp3) is 0.538. The highest BCUT2D eigenvalue weighted by atomic mass is 15.2. The highest BCUT2D eigenvalue weighted by molar-refractivity contribution is 5.68. The Balaban J connectivity index is 2.27. The van der Waals surface area contributed by atoms with Crippen molar-refractivity contribution < 1.29 is 0 Å². The van der Waals surface area contributed by atoms with Crippen LogP contribution >= 0.6 is 0 Å². The van der Waals surface area contributed by atoms with E-state index in [4.69, 9.17) is 5.73 Å². The Morgan fingerprint density at radius 3 is 2.80 bits per heavy atom. The molecule has 1 atom stereocenters. The van der Waals surface area contributed by atoms with Crippen molar-refractivity contribution in [2.75, 3.05) is 17.2 Å². The minimum Gasteiger partial charge on any atom is -0.397 e. The molecule has 2 nitrogen and oxygen atoms in total. The Morgan fingerprint density at radius 1 is 1.33 bits per heavy atom. The zero-order chi connectivity index (χ0) is 10.8. The zero-order valence-corrected chi connectivity index (χ0v) is 9.66. The number of benzene rings is 1. The van der Waals surface area contributed by atoms with Crippen molar-refractivity contribution >= 4 is 11.4 Å². The van der Waals surface area contributed by atoms with Crippen LogP contribution in [-0.2, 0) is 0 Å². The Kier molecular flexibility index (Phi) is 2.85. The van der Waals surface area contributed by atoms with Crippen LogP contribution in [0.5, 0.6) is 0 Å². The number of piperidine rings is 1. The van der Waals surface area contributed by atoms with Crippen LogP contribution in [0.3, 0.4) is 0 Å². The summed E-state index contributed by atoms with van der Waals surface area (Å²) >= 11 is 0. The summed E-state index contributed by atoms with van der Waals surface area (Å²) in [6, 6.07) is 7.00. The Bertz CT molecular complexity index is 346. The summed E-state index contributed by atoms with van der Waals surface area (Å²) in [6.45, 7) is 5.52. The maximum atomic E-state index is 6.07. The second-order valence-electron chi connectivity index (χ2n) is 4.60. The van der Waals surface area contributed by atoms with Crippen LogP contribution in [0.2, 0.25) is 0 Å². The van der Waals surface area contributed by atoms with Gasteiger partial charge in [0, 0.05) is 12.6 Å². The highest BCUT2D eigenvalue weighted by Gasteiger charge is 2.19. The van der Waals surface area contributed by atoms with Gasteiger partial charge in [0.25, 0.3) is 0 Å². The lowest BCUT2D eigenvalue weighted by atomic mass is 10.0. The predicted molar refractivity (Wildman–Crippen MR) is 66.3 cm³/mol. The van der Waals surface area contributed by atoms with E-state index in [9.17, 15) is 0 Å². The van der Waals surface area contributed by atoms with Crippen molar-refractivity contribution in [3.63, 3.8) is 0 Å². The van der Waals surface area contributed by atoms with E-state index in [-0.39, 0.29) is 0 Å². The van der Waals surface area contributed by atoms with Gasteiger partial charge >= 0.3 is 0 Å². The number of nitrogen functional groups attached to an aromatic ring is 1. The van der Waals surface area contributed by atoms with Crippen LogP contribution in [0, 0.1) is 6.92 Å². The summed E-state index contributed by atoms with van der Waals surface area (Å²) in [5, 5.41) is 0. The molecule has 2 N–H and O–H groups in total. The monoisotopic (exact) mass is 204 g/mol. The van der Waals surface area contributed by atoms with Crippen molar-refractivity contribution in [1.82, 2.24) is 0 Å². The molecule has 0 bridgehead atoms. The molecule has 1 aliphatic rings. The SMILES string of the molecule is Cc1ccc(N2CCCCC2C)c(N)c1. The van der Waals surface area contributed by atoms with Crippen LogP contribution in [0.15, 0.2) is 18.2 Å². The van der Waals surface area contributed by atoms with Gasteiger partial charge in [0.1, 0.15) is 0 Å². The van der Waals surface area contributed by atoms with E-state index >= 15 is 0 Å². The molecule has 2 rings (SSSR count). The molecule has 0 radical (unpaired) electrons. The lowest BCUT2D eigenvalue weighted by Gasteiger charge is -2.36. The van der Waals surface area contributed by atoms with Gasteiger partial charge in [-0.05, 0) is 50.8 Å². The Hall–Kier alpha value is -1.18. The van der Waals surface area contributed by atoms with Crippen LogP contribution in [-0.4, -0.2) is 12.6 Å².